The Kier molecular flexibility index (Phi) is 5.67. The summed E-state index contributed by atoms with van der Waals surface area (Å²) in [6.45, 7) is 8.70. The van der Waals surface area contributed by atoms with Crippen molar-refractivity contribution in [3.05, 3.63) is 34.9 Å². The molecular formula is C21H28FN5O2S. The molecule has 4 rings (SSSR count). The van der Waals surface area contributed by atoms with E-state index in [1.165, 1.54) is 6.07 Å². The van der Waals surface area contributed by atoms with Crippen LogP contribution in [0.1, 0.15) is 39.7 Å². The van der Waals surface area contributed by atoms with Gasteiger partial charge in [0.1, 0.15) is 11.4 Å². The molecule has 1 saturated carbocycles. The van der Waals surface area contributed by atoms with E-state index >= 15 is 0 Å². The number of piperazine rings is 1. The van der Waals surface area contributed by atoms with Crippen molar-refractivity contribution in [1.29, 1.82) is 0 Å². The summed E-state index contributed by atoms with van der Waals surface area (Å²) in [7, 11) is 0. The van der Waals surface area contributed by atoms with Crippen molar-refractivity contribution < 1.29 is 13.9 Å². The summed E-state index contributed by atoms with van der Waals surface area (Å²) in [6.07, 6.45) is 1.80. The van der Waals surface area contributed by atoms with Gasteiger partial charge in [0.25, 0.3) is 0 Å². The smallest absolute Gasteiger partial charge is 0.410 e. The second-order valence-corrected chi connectivity index (χ2v) is 9.28. The van der Waals surface area contributed by atoms with Gasteiger partial charge in [0.05, 0.1) is 12.2 Å². The fourth-order valence-corrected chi connectivity index (χ4v) is 3.92. The first kappa shape index (κ1) is 21.0. The maximum Gasteiger partial charge on any atom is 0.410 e. The summed E-state index contributed by atoms with van der Waals surface area (Å²) in [5.41, 5.74) is -0.0240. The average molecular weight is 434 g/mol. The highest BCUT2D eigenvalue weighted by Crippen LogP contribution is 2.39. The molecule has 1 aromatic carbocycles. The minimum atomic E-state index is -0.500. The third kappa shape index (κ3) is 4.57. The lowest BCUT2D eigenvalue weighted by molar-refractivity contribution is 0.0113. The largest absolute Gasteiger partial charge is 0.444 e. The molecule has 1 aliphatic heterocycles. The Hall–Kier alpha value is -2.26. The number of benzene rings is 1. The number of halogens is 1. The van der Waals surface area contributed by atoms with Crippen LogP contribution in [0.15, 0.2) is 24.3 Å². The highest BCUT2D eigenvalue weighted by atomic mass is 32.1. The molecule has 0 bridgehead atoms. The molecule has 1 aliphatic carbocycles. The van der Waals surface area contributed by atoms with Gasteiger partial charge in [-0.15, -0.1) is 0 Å². The second-order valence-electron chi connectivity index (χ2n) is 8.91. The molecule has 9 heteroatoms. The first-order valence-corrected chi connectivity index (χ1v) is 10.8. The number of carbonyl (C=O) groups excluding carboxylic acids is 1. The van der Waals surface area contributed by atoms with Crippen molar-refractivity contribution in [2.24, 2.45) is 0 Å². The SMILES string of the molecule is CC(C)(C)OC(=O)N1CCN(Cn2nc(-c3ccccc3F)n(C3CC3)c2=S)CC1. The number of amides is 1. The van der Waals surface area contributed by atoms with Crippen LogP contribution in [0.4, 0.5) is 9.18 Å². The zero-order valence-electron chi connectivity index (χ0n) is 17.7. The lowest BCUT2D eigenvalue weighted by Gasteiger charge is -2.35. The summed E-state index contributed by atoms with van der Waals surface area (Å²) in [6, 6.07) is 6.98. The summed E-state index contributed by atoms with van der Waals surface area (Å²) in [5, 5.41) is 4.69. The maximum absolute atomic E-state index is 14.4. The van der Waals surface area contributed by atoms with Crippen LogP contribution in [0.3, 0.4) is 0 Å². The number of aromatic nitrogens is 3. The van der Waals surface area contributed by atoms with E-state index < -0.39 is 5.60 Å². The van der Waals surface area contributed by atoms with Crippen molar-refractivity contribution in [1.82, 2.24) is 24.1 Å². The number of hydrogen-bond acceptors (Lipinski definition) is 5. The molecule has 162 valence electrons. The fraction of sp³-hybridized carbons (Fsp3) is 0.571. The zero-order valence-corrected chi connectivity index (χ0v) is 18.5. The molecule has 2 aromatic rings. The molecule has 1 saturated heterocycles. The maximum atomic E-state index is 14.4. The molecule has 0 N–H and O–H groups in total. The van der Waals surface area contributed by atoms with E-state index in [0.717, 1.165) is 12.8 Å². The van der Waals surface area contributed by atoms with Gasteiger partial charge in [-0.1, -0.05) is 12.1 Å². The van der Waals surface area contributed by atoms with E-state index in [-0.39, 0.29) is 11.9 Å². The van der Waals surface area contributed by atoms with Crippen LogP contribution in [0.5, 0.6) is 0 Å². The van der Waals surface area contributed by atoms with Gasteiger partial charge in [-0.05, 0) is 58.0 Å². The van der Waals surface area contributed by atoms with E-state index in [4.69, 9.17) is 17.0 Å². The Morgan fingerprint density at radius 3 is 2.47 bits per heavy atom. The van der Waals surface area contributed by atoms with Crippen molar-refractivity contribution in [2.45, 2.75) is 51.9 Å². The van der Waals surface area contributed by atoms with Gasteiger partial charge in [0, 0.05) is 32.2 Å². The number of hydrogen-bond donors (Lipinski definition) is 0. The number of carbonyl (C=O) groups is 1. The van der Waals surface area contributed by atoms with Crippen LogP contribution in [-0.4, -0.2) is 62.0 Å². The van der Waals surface area contributed by atoms with Gasteiger partial charge in [-0.2, -0.15) is 5.10 Å². The van der Waals surface area contributed by atoms with Crippen LogP contribution in [0.25, 0.3) is 11.4 Å². The van der Waals surface area contributed by atoms with Crippen molar-refractivity contribution in [3.8, 4) is 11.4 Å². The van der Waals surface area contributed by atoms with Gasteiger partial charge < -0.3 is 9.64 Å². The van der Waals surface area contributed by atoms with Gasteiger partial charge in [-0.3, -0.25) is 9.47 Å². The molecule has 2 heterocycles. The molecule has 2 aliphatic rings. The van der Waals surface area contributed by atoms with Crippen LogP contribution in [0.2, 0.25) is 0 Å². The van der Waals surface area contributed by atoms with Crippen LogP contribution in [-0.2, 0) is 11.4 Å². The highest BCUT2D eigenvalue weighted by Gasteiger charge is 2.31. The number of ether oxygens (including phenoxy) is 1. The fourth-order valence-electron chi connectivity index (χ4n) is 3.59. The van der Waals surface area contributed by atoms with E-state index in [9.17, 15) is 9.18 Å². The highest BCUT2D eigenvalue weighted by molar-refractivity contribution is 7.71. The summed E-state index contributed by atoms with van der Waals surface area (Å²) in [4.78, 5) is 16.2. The molecule has 7 nitrogen and oxygen atoms in total. The van der Waals surface area contributed by atoms with Crippen molar-refractivity contribution >= 4 is 18.3 Å². The van der Waals surface area contributed by atoms with Gasteiger partial charge in [0.15, 0.2) is 10.6 Å². The van der Waals surface area contributed by atoms with E-state index in [1.54, 1.807) is 21.7 Å². The lowest BCUT2D eigenvalue weighted by Crippen LogP contribution is -2.50. The average Bonchev–Trinajstić information content (AvgIpc) is 3.46. The van der Waals surface area contributed by atoms with Crippen LogP contribution < -0.4 is 0 Å². The first-order valence-electron chi connectivity index (χ1n) is 10.4. The Balaban J connectivity index is 1.47. The van der Waals surface area contributed by atoms with Crippen LogP contribution >= 0.6 is 12.2 Å². The first-order chi connectivity index (χ1) is 14.2. The zero-order chi connectivity index (χ0) is 21.5. The van der Waals surface area contributed by atoms with E-state index in [2.05, 4.69) is 10.00 Å². The number of nitrogens with zero attached hydrogens (tertiary/aromatic N) is 5. The molecule has 0 spiro atoms. The predicted octanol–water partition coefficient (Wildman–Crippen LogP) is 4.07. The minimum Gasteiger partial charge on any atom is -0.444 e. The summed E-state index contributed by atoms with van der Waals surface area (Å²) >= 11 is 5.70. The van der Waals surface area contributed by atoms with Crippen molar-refractivity contribution in [3.63, 3.8) is 0 Å². The van der Waals surface area contributed by atoms with Gasteiger partial charge in [-0.25, -0.2) is 13.9 Å². The summed E-state index contributed by atoms with van der Waals surface area (Å²) < 4.78 is 24.3. The third-order valence-corrected chi connectivity index (χ3v) is 5.66. The minimum absolute atomic E-state index is 0.279. The van der Waals surface area contributed by atoms with E-state index in [0.29, 0.717) is 55.0 Å². The molecular weight excluding hydrogens is 405 g/mol. The molecule has 2 fully saturated rings. The molecule has 30 heavy (non-hydrogen) atoms. The Morgan fingerprint density at radius 1 is 1.20 bits per heavy atom. The Morgan fingerprint density at radius 2 is 1.87 bits per heavy atom. The Labute approximate surface area is 181 Å². The second kappa shape index (κ2) is 8.11. The molecule has 1 aromatic heterocycles. The van der Waals surface area contributed by atoms with Crippen molar-refractivity contribution in [2.75, 3.05) is 26.2 Å². The molecule has 0 radical (unpaired) electrons. The molecule has 0 atom stereocenters. The predicted molar refractivity (Wildman–Crippen MR) is 114 cm³/mol. The Bertz CT molecular complexity index is 984. The van der Waals surface area contributed by atoms with Gasteiger partial charge in [0.2, 0.25) is 0 Å². The van der Waals surface area contributed by atoms with E-state index in [1.807, 2.05) is 31.4 Å². The normalized spacial score (nSPS) is 17.9. The number of rotatable bonds is 4. The molecule has 1 amide bonds. The summed E-state index contributed by atoms with van der Waals surface area (Å²) in [5.74, 6) is 0.297. The topological polar surface area (TPSA) is 55.5 Å². The molecule has 0 unspecified atom stereocenters. The third-order valence-electron chi connectivity index (χ3n) is 5.26. The monoisotopic (exact) mass is 433 g/mol. The quantitative estimate of drug-likeness (QED) is 0.681. The van der Waals surface area contributed by atoms with Crippen LogP contribution in [0, 0.1) is 10.6 Å². The lowest BCUT2D eigenvalue weighted by atomic mass is 10.2. The van der Waals surface area contributed by atoms with Gasteiger partial charge >= 0.3 is 6.09 Å². The standard InChI is InChI=1S/C21H28FN5O2S/c1-21(2,3)29-20(28)25-12-10-24(11-13-25)14-26-19(30)27(15-8-9-15)18(23-26)16-6-4-5-7-17(16)22/h4-7,15H,8-14H2,1-3H3.